The number of nitrogens with two attached hydrogens (primary N) is 1. The fourth-order valence-electron chi connectivity index (χ4n) is 3.24. The first-order valence-corrected chi connectivity index (χ1v) is 9.70. The summed E-state index contributed by atoms with van der Waals surface area (Å²) >= 11 is 3.35. The molecule has 1 amide bonds. The van der Waals surface area contributed by atoms with E-state index in [0.29, 0.717) is 22.9 Å². The molecule has 1 aliphatic heterocycles. The highest BCUT2D eigenvalue weighted by atomic mass is 79.9. The lowest BCUT2D eigenvalue weighted by Gasteiger charge is -2.31. The first-order valence-electron chi connectivity index (χ1n) is 8.91. The van der Waals surface area contributed by atoms with Crippen molar-refractivity contribution in [3.05, 3.63) is 70.5 Å². The summed E-state index contributed by atoms with van der Waals surface area (Å²) in [7, 11) is 0. The zero-order chi connectivity index (χ0) is 19.5. The van der Waals surface area contributed by atoms with E-state index in [0.717, 1.165) is 29.5 Å². The molecule has 8 heteroatoms. The van der Waals surface area contributed by atoms with Crippen molar-refractivity contribution in [3.8, 4) is 0 Å². The SMILES string of the molecule is Nc1c(NNC(=O)c2ccc(Br)cc2)ncnc1N1CCCc2ccccc21. The number of aryl methyl sites for hydroxylation is 1. The topological polar surface area (TPSA) is 96.2 Å². The quantitative estimate of drug-likeness (QED) is 0.537. The number of benzene rings is 2. The van der Waals surface area contributed by atoms with E-state index >= 15 is 0 Å². The predicted octanol–water partition coefficient (Wildman–Crippen LogP) is 3.66. The molecule has 0 saturated carbocycles. The van der Waals surface area contributed by atoms with Crippen LogP contribution in [0.3, 0.4) is 0 Å². The van der Waals surface area contributed by atoms with Gasteiger partial charge in [-0.05, 0) is 48.7 Å². The number of para-hydroxylation sites is 1. The molecule has 0 saturated heterocycles. The van der Waals surface area contributed by atoms with E-state index in [4.69, 9.17) is 5.73 Å². The lowest BCUT2D eigenvalue weighted by molar-refractivity contribution is 0.0962. The number of carbonyl (C=O) groups is 1. The number of hydrogen-bond acceptors (Lipinski definition) is 6. The number of aromatic nitrogens is 2. The number of fused-ring (bicyclic) bond motifs is 1. The third kappa shape index (κ3) is 3.63. The van der Waals surface area contributed by atoms with Crippen molar-refractivity contribution in [2.45, 2.75) is 12.8 Å². The maximum absolute atomic E-state index is 12.3. The van der Waals surface area contributed by atoms with Gasteiger partial charge in [0.2, 0.25) is 0 Å². The third-order valence-electron chi connectivity index (χ3n) is 4.63. The van der Waals surface area contributed by atoms with Crippen LogP contribution in [-0.2, 0) is 6.42 Å². The normalized spacial score (nSPS) is 13.0. The van der Waals surface area contributed by atoms with Gasteiger partial charge >= 0.3 is 0 Å². The molecule has 1 aliphatic rings. The van der Waals surface area contributed by atoms with Crippen LogP contribution in [0.25, 0.3) is 0 Å². The highest BCUT2D eigenvalue weighted by molar-refractivity contribution is 9.10. The Bertz CT molecular complexity index is 1010. The zero-order valence-corrected chi connectivity index (χ0v) is 16.6. The van der Waals surface area contributed by atoms with Crippen molar-refractivity contribution in [3.63, 3.8) is 0 Å². The molecular weight excluding hydrogens is 420 g/mol. The smallest absolute Gasteiger partial charge is 0.269 e. The first-order chi connectivity index (χ1) is 13.6. The van der Waals surface area contributed by atoms with Gasteiger partial charge in [-0.1, -0.05) is 34.1 Å². The van der Waals surface area contributed by atoms with Crippen LogP contribution in [0.2, 0.25) is 0 Å². The molecule has 0 aliphatic carbocycles. The van der Waals surface area contributed by atoms with Gasteiger partial charge in [-0.2, -0.15) is 0 Å². The van der Waals surface area contributed by atoms with Crippen molar-refractivity contribution in [2.75, 3.05) is 22.6 Å². The van der Waals surface area contributed by atoms with Gasteiger partial charge in [-0.15, -0.1) is 0 Å². The lowest BCUT2D eigenvalue weighted by atomic mass is 10.0. The molecule has 0 fully saturated rings. The van der Waals surface area contributed by atoms with Gasteiger partial charge in [0.1, 0.15) is 12.0 Å². The van der Waals surface area contributed by atoms with E-state index in [1.54, 1.807) is 24.3 Å². The van der Waals surface area contributed by atoms with Crippen LogP contribution in [0, 0.1) is 0 Å². The fraction of sp³-hybridized carbons (Fsp3) is 0.150. The Hall–Kier alpha value is -3.13. The van der Waals surface area contributed by atoms with Crippen molar-refractivity contribution in [2.24, 2.45) is 0 Å². The molecule has 0 radical (unpaired) electrons. The van der Waals surface area contributed by atoms with E-state index in [2.05, 4.69) is 53.8 Å². The minimum Gasteiger partial charge on any atom is -0.393 e. The minimum atomic E-state index is -0.282. The molecule has 7 nitrogen and oxygen atoms in total. The van der Waals surface area contributed by atoms with Crippen molar-refractivity contribution in [1.29, 1.82) is 0 Å². The number of amides is 1. The number of halogens is 1. The van der Waals surface area contributed by atoms with Crippen LogP contribution in [0.5, 0.6) is 0 Å². The highest BCUT2D eigenvalue weighted by Gasteiger charge is 2.22. The minimum absolute atomic E-state index is 0.282. The molecule has 28 heavy (non-hydrogen) atoms. The number of hydrazine groups is 1. The van der Waals surface area contributed by atoms with Crippen LogP contribution >= 0.6 is 15.9 Å². The van der Waals surface area contributed by atoms with Gasteiger partial charge in [0.25, 0.3) is 5.91 Å². The van der Waals surface area contributed by atoms with Gasteiger partial charge in [0, 0.05) is 22.3 Å². The largest absolute Gasteiger partial charge is 0.393 e. The molecule has 0 bridgehead atoms. The summed E-state index contributed by atoms with van der Waals surface area (Å²) < 4.78 is 0.906. The maximum Gasteiger partial charge on any atom is 0.269 e. The molecular formula is C20H19BrN6O. The van der Waals surface area contributed by atoms with Crippen molar-refractivity contribution >= 4 is 44.8 Å². The maximum atomic E-state index is 12.3. The molecule has 3 aromatic rings. The highest BCUT2D eigenvalue weighted by Crippen LogP contribution is 2.36. The predicted molar refractivity (Wildman–Crippen MR) is 113 cm³/mol. The van der Waals surface area contributed by atoms with Gasteiger partial charge in [0.15, 0.2) is 11.6 Å². The van der Waals surface area contributed by atoms with Crippen LogP contribution in [-0.4, -0.2) is 22.4 Å². The van der Waals surface area contributed by atoms with Crippen LogP contribution < -0.4 is 21.5 Å². The Balaban J connectivity index is 1.55. The Labute approximate surface area is 171 Å². The van der Waals surface area contributed by atoms with E-state index in [-0.39, 0.29) is 5.91 Å². The molecule has 1 aromatic heterocycles. The van der Waals surface area contributed by atoms with Crippen LogP contribution in [0.4, 0.5) is 23.0 Å². The number of hydrogen-bond donors (Lipinski definition) is 3. The van der Waals surface area contributed by atoms with Gasteiger partial charge in [-0.25, -0.2) is 9.97 Å². The second-order valence-electron chi connectivity index (χ2n) is 6.43. The molecule has 0 spiro atoms. The Kier molecular flexibility index (Phi) is 5.12. The van der Waals surface area contributed by atoms with E-state index in [9.17, 15) is 4.79 Å². The number of anilines is 4. The van der Waals surface area contributed by atoms with E-state index < -0.39 is 0 Å². The monoisotopic (exact) mass is 438 g/mol. The summed E-state index contributed by atoms with van der Waals surface area (Å²) in [5.74, 6) is 0.705. The number of carbonyl (C=O) groups excluding carboxylic acids is 1. The van der Waals surface area contributed by atoms with Gasteiger partial charge in [0.05, 0.1) is 0 Å². The summed E-state index contributed by atoms with van der Waals surface area (Å²) in [4.78, 5) is 23.0. The molecule has 4 rings (SSSR count). The first kappa shape index (κ1) is 18.2. The summed E-state index contributed by atoms with van der Waals surface area (Å²) in [6.07, 6.45) is 3.49. The standard InChI is InChI=1S/C20H19BrN6O/c21-15-9-7-14(8-10-15)20(28)26-25-18-17(22)19(24-12-23-18)27-11-3-5-13-4-1-2-6-16(13)27/h1-2,4,6-10,12H,3,5,11,22H2,(H,26,28)(H,23,24,25). The number of rotatable bonds is 4. The summed E-state index contributed by atoms with van der Waals surface area (Å²) in [6.45, 7) is 0.822. The summed E-state index contributed by atoms with van der Waals surface area (Å²) in [5, 5.41) is 0. The summed E-state index contributed by atoms with van der Waals surface area (Å²) in [6, 6.07) is 15.3. The average molecular weight is 439 g/mol. The lowest BCUT2D eigenvalue weighted by Crippen LogP contribution is -2.31. The van der Waals surface area contributed by atoms with Crippen molar-refractivity contribution in [1.82, 2.24) is 15.4 Å². The number of nitrogens with zero attached hydrogens (tertiary/aromatic N) is 3. The zero-order valence-electron chi connectivity index (χ0n) is 15.0. The van der Waals surface area contributed by atoms with E-state index in [1.807, 2.05) is 12.1 Å². The molecule has 0 unspecified atom stereocenters. The molecule has 0 atom stereocenters. The molecule has 4 N–H and O–H groups in total. The Morgan fingerprint density at radius 3 is 2.71 bits per heavy atom. The fourth-order valence-corrected chi connectivity index (χ4v) is 3.51. The molecule has 2 aromatic carbocycles. The Morgan fingerprint density at radius 2 is 1.89 bits per heavy atom. The van der Waals surface area contributed by atoms with Crippen molar-refractivity contribution < 1.29 is 4.79 Å². The second kappa shape index (κ2) is 7.85. The van der Waals surface area contributed by atoms with Crippen LogP contribution in [0.15, 0.2) is 59.3 Å². The second-order valence-corrected chi connectivity index (χ2v) is 7.35. The average Bonchev–Trinajstić information content (AvgIpc) is 2.73. The van der Waals surface area contributed by atoms with Gasteiger partial charge in [-0.3, -0.25) is 15.6 Å². The van der Waals surface area contributed by atoms with Crippen LogP contribution in [0.1, 0.15) is 22.3 Å². The van der Waals surface area contributed by atoms with Gasteiger partial charge < -0.3 is 10.6 Å². The molecule has 142 valence electrons. The summed E-state index contributed by atoms with van der Waals surface area (Å²) in [5.41, 5.74) is 15.1. The number of nitrogen functional groups attached to an aromatic ring is 1. The van der Waals surface area contributed by atoms with E-state index in [1.165, 1.54) is 11.9 Å². The molecule has 2 heterocycles. The Morgan fingerprint density at radius 1 is 1.11 bits per heavy atom. The number of nitrogens with one attached hydrogen (secondary N) is 2. The third-order valence-corrected chi connectivity index (χ3v) is 5.16.